The van der Waals surface area contributed by atoms with Crippen molar-refractivity contribution in [2.45, 2.75) is 38.8 Å². The van der Waals surface area contributed by atoms with Gasteiger partial charge in [0.1, 0.15) is 0 Å². The predicted molar refractivity (Wildman–Crippen MR) is 110 cm³/mol. The maximum Gasteiger partial charge on any atom is 0.232 e. The van der Waals surface area contributed by atoms with E-state index < -0.39 is 0 Å². The first-order chi connectivity index (χ1) is 14.6. The highest BCUT2D eigenvalue weighted by Crippen LogP contribution is 2.28. The molecule has 1 aliphatic heterocycles. The number of likely N-dealkylation sites (tertiary alicyclic amines) is 1. The lowest BCUT2D eigenvalue weighted by atomic mass is 10.1. The fraction of sp³-hybridized carbons (Fsp3) is 0.304. The lowest BCUT2D eigenvalue weighted by Crippen LogP contribution is -2.25. The van der Waals surface area contributed by atoms with Gasteiger partial charge in [-0.1, -0.05) is 65.3 Å². The van der Waals surface area contributed by atoms with Gasteiger partial charge in [-0.25, -0.2) is 0 Å². The Kier molecular flexibility index (Phi) is 5.88. The first-order valence-electron chi connectivity index (χ1n) is 10.0. The lowest BCUT2D eigenvalue weighted by Gasteiger charge is -2.16. The molecule has 4 rings (SSSR count). The summed E-state index contributed by atoms with van der Waals surface area (Å²) in [7, 11) is 0. The van der Waals surface area contributed by atoms with Gasteiger partial charge in [0.25, 0.3) is 0 Å². The van der Waals surface area contributed by atoms with Crippen molar-refractivity contribution in [3.63, 3.8) is 0 Å². The summed E-state index contributed by atoms with van der Waals surface area (Å²) in [5.41, 5.74) is 3.31. The number of amides is 2. The molecular formula is C23H24N4O3. The summed E-state index contributed by atoms with van der Waals surface area (Å²) in [5, 5.41) is 6.77. The Balaban J connectivity index is 1.30. The second-order valence-electron chi connectivity index (χ2n) is 7.65. The Hall–Kier alpha value is -3.48. The van der Waals surface area contributed by atoms with Crippen LogP contribution >= 0.6 is 0 Å². The maximum absolute atomic E-state index is 12.4. The Morgan fingerprint density at radius 2 is 1.90 bits per heavy atom. The molecule has 1 aliphatic rings. The summed E-state index contributed by atoms with van der Waals surface area (Å²) in [6.07, 6.45) is 0.387. The summed E-state index contributed by atoms with van der Waals surface area (Å²) in [6, 6.07) is 17.8. The van der Waals surface area contributed by atoms with Gasteiger partial charge >= 0.3 is 0 Å². The van der Waals surface area contributed by atoms with Crippen LogP contribution in [0.4, 0.5) is 0 Å². The minimum atomic E-state index is -0.172. The molecule has 2 aromatic carbocycles. The average molecular weight is 404 g/mol. The number of rotatable bonds is 7. The van der Waals surface area contributed by atoms with Crippen molar-refractivity contribution in [3.05, 3.63) is 83.0 Å². The summed E-state index contributed by atoms with van der Waals surface area (Å²) in [6.45, 7) is 3.60. The number of aryl methyl sites for hydroxylation is 1. The highest BCUT2D eigenvalue weighted by atomic mass is 16.5. The molecule has 0 spiro atoms. The predicted octanol–water partition coefficient (Wildman–Crippen LogP) is 2.75. The van der Waals surface area contributed by atoms with Gasteiger partial charge in [0.05, 0.1) is 12.3 Å². The van der Waals surface area contributed by atoms with Crippen molar-refractivity contribution in [1.29, 1.82) is 0 Å². The van der Waals surface area contributed by atoms with Crippen LogP contribution in [0.1, 0.15) is 40.7 Å². The normalized spacial score (nSPS) is 16.1. The molecule has 7 nitrogen and oxygen atoms in total. The fourth-order valence-corrected chi connectivity index (χ4v) is 3.51. The third kappa shape index (κ3) is 4.92. The van der Waals surface area contributed by atoms with E-state index in [4.69, 9.17) is 4.52 Å². The molecule has 1 N–H and O–H groups in total. The second-order valence-corrected chi connectivity index (χ2v) is 7.65. The molecule has 1 aromatic heterocycles. The van der Waals surface area contributed by atoms with Gasteiger partial charge in [-0.05, 0) is 18.1 Å². The monoisotopic (exact) mass is 404 g/mol. The molecular weight excluding hydrogens is 380 g/mol. The molecule has 154 valence electrons. The van der Waals surface area contributed by atoms with Gasteiger partial charge < -0.3 is 14.7 Å². The molecule has 0 saturated carbocycles. The zero-order valence-electron chi connectivity index (χ0n) is 16.9. The van der Waals surface area contributed by atoms with Crippen molar-refractivity contribution in [2.75, 3.05) is 6.54 Å². The minimum absolute atomic E-state index is 0.0457. The van der Waals surface area contributed by atoms with Crippen molar-refractivity contribution in [3.8, 4) is 0 Å². The third-order valence-electron chi connectivity index (χ3n) is 5.19. The number of nitrogens with zero attached hydrogens (tertiary/aromatic N) is 3. The van der Waals surface area contributed by atoms with Crippen molar-refractivity contribution in [2.24, 2.45) is 0 Å². The number of aromatic nitrogens is 2. The Bertz CT molecular complexity index is 1010. The SMILES string of the molecule is Cc1ccc(CN2CC(c3nc(CC(=O)NCc4ccccc4)no3)CC2=O)cc1. The number of hydrogen-bond donors (Lipinski definition) is 1. The van der Waals surface area contributed by atoms with Crippen LogP contribution in [-0.4, -0.2) is 33.4 Å². The van der Waals surface area contributed by atoms with E-state index in [1.54, 1.807) is 0 Å². The Labute approximate surface area is 175 Å². The number of carbonyl (C=O) groups is 2. The van der Waals surface area contributed by atoms with E-state index in [-0.39, 0.29) is 24.2 Å². The first kappa shape index (κ1) is 19.8. The van der Waals surface area contributed by atoms with Crippen LogP contribution in [0.3, 0.4) is 0 Å². The van der Waals surface area contributed by atoms with Crippen LogP contribution in [0.25, 0.3) is 0 Å². The van der Waals surface area contributed by atoms with Gasteiger partial charge in [-0.15, -0.1) is 0 Å². The molecule has 30 heavy (non-hydrogen) atoms. The summed E-state index contributed by atoms with van der Waals surface area (Å²) >= 11 is 0. The van der Waals surface area contributed by atoms with Crippen LogP contribution in [0.15, 0.2) is 59.1 Å². The molecule has 1 saturated heterocycles. The van der Waals surface area contributed by atoms with Crippen LogP contribution in [0.2, 0.25) is 0 Å². The van der Waals surface area contributed by atoms with Crippen LogP contribution in [0, 0.1) is 6.92 Å². The van der Waals surface area contributed by atoms with E-state index in [1.165, 1.54) is 5.56 Å². The number of nitrogens with one attached hydrogen (secondary N) is 1. The van der Waals surface area contributed by atoms with Crippen LogP contribution in [-0.2, 0) is 29.1 Å². The van der Waals surface area contributed by atoms with E-state index in [1.807, 2.05) is 66.4 Å². The Morgan fingerprint density at radius 1 is 1.13 bits per heavy atom. The van der Waals surface area contributed by atoms with Gasteiger partial charge in [-0.2, -0.15) is 4.98 Å². The van der Waals surface area contributed by atoms with Crippen LogP contribution < -0.4 is 5.32 Å². The molecule has 0 aliphatic carbocycles. The molecule has 0 bridgehead atoms. The first-order valence-corrected chi connectivity index (χ1v) is 10.0. The van der Waals surface area contributed by atoms with E-state index >= 15 is 0 Å². The standard InChI is InChI=1S/C23H24N4O3/c1-16-7-9-18(10-8-16)14-27-15-19(11-22(27)29)23-25-20(26-30-23)12-21(28)24-13-17-5-3-2-4-6-17/h2-10,19H,11-15H2,1H3,(H,24,28). The topological polar surface area (TPSA) is 88.3 Å². The molecule has 1 fully saturated rings. The Morgan fingerprint density at radius 3 is 2.67 bits per heavy atom. The molecule has 2 amide bonds. The molecule has 2 heterocycles. The number of hydrogen-bond acceptors (Lipinski definition) is 5. The van der Waals surface area contributed by atoms with E-state index in [0.29, 0.717) is 37.8 Å². The zero-order valence-corrected chi connectivity index (χ0v) is 16.9. The summed E-state index contributed by atoms with van der Waals surface area (Å²) < 4.78 is 5.35. The highest BCUT2D eigenvalue weighted by molar-refractivity contribution is 5.79. The second kappa shape index (κ2) is 8.90. The summed E-state index contributed by atoms with van der Waals surface area (Å²) in [4.78, 5) is 30.7. The minimum Gasteiger partial charge on any atom is -0.352 e. The maximum atomic E-state index is 12.4. The molecule has 1 unspecified atom stereocenters. The molecule has 1 atom stereocenters. The quantitative estimate of drug-likeness (QED) is 0.654. The van der Waals surface area contributed by atoms with Gasteiger partial charge in [-0.3, -0.25) is 9.59 Å². The smallest absolute Gasteiger partial charge is 0.232 e. The molecule has 7 heteroatoms. The van der Waals surface area contributed by atoms with E-state index in [9.17, 15) is 9.59 Å². The molecule has 0 radical (unpaired) electrons. The molecule has 3 aromatic rings. The number of benzene rings is 2. The van der Waals surface area contributed by atoms with Gasteiger partial charge in [0.15, 0.2) is 5.82 Å². The van der Waals surface area contributed by atoms with Gasteiger partial charge in [0, 0.05) is 26.1 Å². The van der Waals surface area contributed by atoms with Crippen LogP contribution in [0.5, 0.6) is 0 Å². The number of carbonyl (C=O) groups excluding carboxylic acids is 2. The van der Waals surface area contributed by atoms with E-state index in [0.717, 1.165) is 11.1 Å². The van der Waals surface area contributed by atoms with Crippen molar-refractivity contribution < 1.29 is 14.1 Å². The summed E-state index contributed by atoms with van der Waals surface area (Å²) in [5.74, 6) is 0.507. The fourth-order valence-electron chi connectivity index (χ4n) is 3.51. The average Bonchev–Trinajstić information content (AvgIpc) is 3.36. The highest BCUT2D eigenvalue weighted by Gasteiger charge is 2.34. The van der Waals surface area contributed by atoms with Crippen molar-refractivity contribution in [1.82, 2.24) is 20.4 Å². The zero-order chi connectivity index (χ0) is 20.9. The third-order valence-corrected chi connectivity index (χ3v) is 5.19. The van der Waals surface area contributed by atoms with Crippen molar-refractivity contribution >= 4 is 11.8 Å². The van der Waals surface area contributed by atoms with Gasteiger partial charge in [0.2, 0.25) is 17.7 Å². The van der Waals surface area contributed by atoms with E-state index in [2.05, 4.69) is 15.5 Å². The largest absolute Gasteiger partial charge is 0.352 e. The lowest BCUT2D eigenvalue weighted by molar-refractivity contribution is -0.128.